The van der Waals surface area contributed by atoms with Crippen molar-refractivity contribution in [3.63, 3.8) is 0 Å². The van der Waals surface area contributed by atoms with Crippen LogP contribution in [0.4, 0.5) is 0 Å². The van der Waals surface area contributed by atoms with Gasteiger partial charge >= 0.3 is 5.97 Å². The largest absolute Gasteiger partial charge is 0.462 e. The molecule has 3 rings (SSSR count). The Morgan fingerprint density at radius 1 is 1.12 bits per heavy atom. The number of amides is 1. The molecule has 1 aliphatic rings. The zero-order valence-electron chi connectivity index (χ0n) is 19.5. The van der Waals surface area contributed by atoms with Crippen molar-refractivity contribution >= 4 is 23.5 Å². The Morgan fingerprint density at radius 3 is 2.41 bits per heavy atom. The molecule has 0 bridgehead atoms. The molecule has 1 unspecified atom stereocenters. The molecule has 0 spiro atoms. The summed E-state index contributed by atoms with van der Waals surface area (Å²) in [6.07, 6.45) is 0.227. The van der Waals surface area contributed by atoms with E-state index in [-0.39, 0.29) is 30.1 Å². The highest BCUT2D eigenvalue weighted by Crippen LogP contribution is 2.38. The number of carbonyl (C=O) groups is 2. The Labute approximate surface area is 196 Å². The molecule has 0 saturated carbocycles. The van der Waals surface area contributed by atoms with Crippen LogP contribution in [0.3, 0.4) is 0 Å². The molecule has 1 heterocycles. The van der Waals surface area contributed by atoms with E-state index in [2.05, 4.69) is 26.0 Å². The monoisotopic (exact) mass is 453 g/mol. The van der Waals surface area contributed by atoms with Crippen LogP contribution in [0.2, 0.25) is 5.02 Å². The molecular weight excluding hydrogens is 422 g/mol. The average molecular weight is 454 g/mol. The van der Waals surface area contributed by atoms with Gasteiger partial charge in [0.2, 0.25) is 5.91 Å². The smallest absolute Gasteiger partial charge is 0.336 e. The number of esters is 1. The average Bonchev–Trinajstić information content (AvgIpc) is 2.74. The lowest BCUT2D eigenvalue weighted by atomic mass is 9.83. The molecule has 170 valence electrons. The lowest BCUT2D eigenvalue weighted by Gasteiger charge is -2.34. The highest BCUT2D eigenvalue weighted by Gasteiger charge is 2.37. The van der Waals surface area contributed by atoms with Crippen LogP contribution in [0.25, 0.3) is 0 Å². The first-order chi connectivity index (χ1) is 15.2. The van der Waals surface area contributed by atoms with Crippen molar-refractivity contribution in [3.8, 4) is 0 Å². The van der Waals surface area contributed by atoms with E-state index in [0.29, 0.717) is 35.4 Å². The summed E-state index contributed by atoms with van der Waals surface area (Å²) in [5, 5.41) is 0.619. The van der Waals surface area contributed by atoms with E-state index < -0.39 is 0 Å². The van der Waals surface area contributed by atoms with Gasteiger partial charge in [-0.3, -0.25) is 4.79 Å². The van der Waals surface area contributed by atoms with E-state index >= 15 is 0 Å². The van der Waals surface area contributed by atoms with Crippen molar-refractivity contribution in [1.29, 1.82) is 0 Å². The summed E-state index contributed by atoms with van der Waals surface area (Å²) >= 11 is 6.13. The van der Waals surface area contributed by atoms with E-state index in [1.165, 1.54) is 5.56 Å². The number of halogens is 1. The van der Waals surface area contributed by atoms with Crippen LogP contribution < -0.4 is 0 Å². The first-order valence-corrected chi connectivity index (χ1v) is 11.6. The zero-order valence-corrected chi connectivity index (χ0v) is 20.3. The fraction of sp³-hybridized carbons (Fsp3) is 0.407. The minimum absolute atomic E-state index is 0.0131. The molecule has 1 aliphatic heterocycles. The van der Waals surface area contributed by atoms with E-state index in [4.69, 9.17) is 16.3 Å². The third-order valence-corrected chi connectivity index (χ3v) is 6.06. The molecule has 1 atom stereocenters. The molecule has 0 fully saturated rings. The van der Waals surface area contributed by atoms with Crippen molar-refractivity contribution in [2.75, 3.05) is 6.61 Å². The standard InChI is InChI=1S/C27H32ClNO3/c1-17(2)16-32-27(31)26-19(5)29(15-20-7-6-8-23(28)13-20)25(30)14-24(26)22-11-9-21(10-12-22)18(3)4/h6-13,17-18,24H,14-16H2,1-5H3. The Kier molecular flexibility index (Phi) is 7.78. The third-order valence-electron chi connectivity index (χ3n) is 5.83. The van der Waals surface area contributed by atoms with Gasteiger partial charge in [0, 0.05) is 23.1 Å². The predicted octanol–water partition coefficient (Wildman–Crippen LogP) is 6.45. The molecule has 4 nitrogen and oxygen atoms in total. The van der Waals surface area contributed by atoms with Crippen LogP contribution in [0.5, 0.6) is 0 Å². The van der Waals surface area contributed by atoms with Gasteiger partial charge in [-0.1, -0.05) is 75.7 Å². The van der Waals surface area contributed by atoms with E-state index in [1.807, 2.05) is 51.1 Å². The number of hydrogen-bond acceptors (Lipinski definition) is 3. The van der Waals surface area contributed by atoms with Crippen LogP contribution in [-0.2, 0) is 20.9 Å². The molecule has 1 amide bonds. The lowest BCUT2D eigenvalue weighted by Crippen LogP contribution is -2.38. The van der Waals surface area contributed by atoms with E-state index in [9.17, 15) is 9.59 Å². The van der Waals surface area contributed by atoms with Gasteiger partial charge in [0.1, 0.15) is 0 Å². The second kappa shape index (κ2) is 10.4. The van der Waals surface area contributed by atoms with Crippen molar-refractivity contribution in [1.82, 2.24) is 4.90 Å². The van der Waals surface area contributed by atoms with Gasteiger partial charge < -0.3 is 9.64 Å². The number of ether oxygens (including phenoxy) is 1. The molecule has 2 aromatic rings. The molecule has 5 heteroatoms. The maximum Gasteiger partial charge on any atom is 0.336 e. The second-order valence-electron chi connectivity index (χ2n) is 9.18. The van der Waals surface area contributed by atoms with Crippen molar-refractivity contribution in [2.45, 2.75) is 59.4 Å². The highest BCUT2D eigenvalue weighted by atomic mass is 35.5. The fourth-order valence-corrected chi connectivity index (χ4v) is 4.22. The van der Waals surface area contributed by atoms with E-state index in [0.717, 1.165) is 11.1 Å². The van der Waals surface area contributed by atoms with Gasteiger partial charge in [-0.25, -0.2) is 4.79 Å². The summed E-state index contributed by atoms with van der Waals surface area (Å²) in [5.41, 5.74) is 4.31. The molecule has 0 radical (unpaired) electrons. The Hall–Kier alpha value is -2.59. The van der Waals surface area contributed by atoms with Gasteiger partial charge in [-0.2, -0.15) is 0 Å². The summed E-state index contributed by atoms with van der Waals surface area (Å²) in [5.74, 6) is -0.0352. The van der Waals surface area contributed by atoms with E-state index in [1.54, 1.807) is 11.0 Å². The zero-order chi connectivity index (χ0) is 23.4. The Morgan fingerprint density at radius 2 is 1.81 bits per heavy atom. The quantitative estimate of drug-likeness (QED) is 0.452. The van der Waals surface area contributed by atoms with Gasteiger partial charge in [0.05, 0.1) is 18.7 Å². The molecular formula is C27H32ClNO3. The lowest BCUT2D eigenvalue weighted by molar-refractivity contribution is -0.141. The summed E-state index contributed by atoms with van der Waals surface area (Å²) in [6, 6.07) is 15.7. The van der Waals surface area contributed by atoms with Gasteiger partial charge in [-0.05, 0) is 47.6 Å². The van der Waals surface area contributed by atoms with Crippen LogP contribution >= 0.6 is 11.6 Å². The van der Waals surface area contributed by atoms with Crippen molar-refractivity contribution in [3.05, 3.63) is 81.5 Å². The van der Waals surface area contributed by atoms with Crippen LogP contribution in [-0.4, -0.2) is 23.4 Å². The predicted molar refractivity (Wildman–Crippen MR) is 128 cm³/mol. The number of carbonyl (C=O) groups excluding carboxylic acids is 2. The van der Waals surface area contributed by atoms with Crippen molar-refractivity contribution in [2.24, 2.45) is 5.92 Å². The minimum Gasteiger partial charge on any atom is -0.462 e. The van der Waals surface area contributed by atoms with Gasteiger partial charge in [0.25, 0.3) is 0 Å². The molecule has 0 aliphatic carbocycles. The van der Waals surface area contributed by atoms with Gasteiger partial charge in [-0.15, -0.1) is 0 Å². The Balaban J connectivity index is 2.00. The van der Waals surface area contributed by atoms with Gasteiger partial charge in [0.15, 0.2) is 0 Å². The second-order valence-corrected chi connectivity index (χ2v) is 9.62. The van der Waals surface area contributed by atoms with Crippen LogP contribution in [0, 0.1) is 5.92 Å². The summed E-state index contributed by atoms with van der Waals surface area (Å²) in [4.78, 5) is 28.1. The number of allylic oxidation sites excluding steroid dienone is 1. The van der Waals surface area contributed by atoms with Crippen LogP contribution in [0.15, 0.2) is 59.8 Å². The Bertz CT molecular complexity index is 1010. The molecule has 2 aromatic carbocycles. The highest BCUT2D eigenvalue weighted by molar-refractivity contribution is 6.30. The number of benzene rings is 2. The molecule has 32 heavy (non-hydrogen) atoms. The maximum atomic E-state index is 13.2. The molecule has 0 aromatic heterocycles. The summed E-state index contributed by atoms with van der Waals surface area (Å²) in [6.45, 7) is 10.8. The van der Waals surface area contributed by atoms with Crippen molar-refractivity contribution < 1.29 is 14.3 Å². The number of hydrogen-bond donors (Lipinski definition) is 0. The SMILES string of the molecule is CC1=C(C(=O)OCC(C)C)C(c2ccc(C(C)C)cc2)CC(=O)N1Cc1cccc(Cl)c1. The first-order valence-electron chi connectivity index (χ1n) is 11.2. The minimum atomic E-state index is -0.349. The number of nitrogens with zero attached hydrogens (tertiary/aromatic N) is 1. The maximum absolute atomic E-state index is 13.2. The topological polar surface area (TPSA) is 46.6 Å². The van der Waals surface area contributed by atoms with Crippen LogP contribution in [0.1, 0.15) is 69.6 Å². The number of rotatable bonds is 7. The normalized spacial score (nSPS) is 16.8. The first kappa shape index (κ1) is 24.1. The molecule has 0 saturated heterocycles. The summed E-state index contributed by atoms with van der Waals surface area (Å²) < 4.78 is 5.62. The third kappa shape index (κ3) is 5.60. The molecule has 0 N–H and O–H groups in total. The summed E-state index contributed by atoms with van der Waals surface area (Å²) in [7, 11) is 0. The fourth-order valence-electron chi connectivity index (χ4n) is 4.00.